The molecule has 1 heterocycles. The number of thioether (sulfide) groups is 1. The number of benzene rings is 1. The minimum absolute atomic E-state index is 0.0327. The summed E-state index contributed by atoms with van der Waals surface area (Å²) in [5.41, 5.74) is -0.322. The molecule has 0 bridgehead atoms. The number of nitrogens with one attached hydrogen (secondary N) is 1. The summed E-state index contributed by atoms with van der Waals surface area (Å²) in [6, 6.07) is 7.82. The number of aromatic nitrogens is 3. The van der Waals surface area contributed by atoms with Crippen LogP contribution in [0.5, 0.6) is 0 Å². The number of nitrogens with zero attached hydrogens (tertiary/aromatic N) is 4. The van der Waals surface area contributed by atoms with E-state index in [0.29, 0.717) is 16.5 Å². The van der Waals surface area contributed by atoms with Crippen molar-refractivity contribution in [3.8, 4) is 17.5 Å². The van der Waals surface area contributed by atoms with Gasteiger partial charge in [0.2, 0.25) is 11.1 Å². The highest BCUT2D eigenvalue weighted by Gasteiger charge is 2.30. The second kappa shape index (κ2) is 7.53. The normalized spacial score (nSPS) is 13.3. The zero-order valence-corrected chi connectivity index (χ0v) is 15.0. The maximum atomic E-state index is 13.0. The van der Waals surface area contributed by atoms with E-state index in [-0.39, 0.29) is 23.4 Å². The maximum Gasteiger partial charge on any atom is 0.231 e. The van der Waals surface area contributed by atoms with E-state index in [9.17, 15) is 14.4 Å². The zero-order chi connectivity index (χ0) is 18.6. The number of carbonyl (C=O) groups excluding carboxylic acids is 1. The summed E-state index contributed by atoms with van der Waals surface area (Å²) < 4.78 is 14.2. The molecule has 1 amide bonds. The molecule has 0 aliphatic carbocycles. The van der Waals surface area contributed by atoms with Crippen molar-refractivity contribution in [2.45, 2.75) is 31.5 Å². The number of hydrogen-bond acceptors (Lipinski definition) is 6. The van der Waals surface area contributed by atoms with Crippen LogP contribution in [0.25, 0.3) is 11.4 Å². The Morgan fingerprint density at radius 1 is 1.44 bits per heavy atom. The Kier molecular flexibility index (Phi) is 5.64. The van der Waals surface area contributed by atoms with Gasteiger partial charge in [-0.15, -0.1) is 10.2 Å². The first-order valence-electron chi connectivity index (χ1n) is 7.58. The SMILES string of the molecule is CC(C)[C@](C)(C#N)NC(=O)CSc1nnc(-c2ccc(F)cc2)n1N. The summed E-state index contributed by atoms with van der Waals surface area (Å²) in [6.45, 7) is 5.41. The quantitative estimate of drug-likeness (QED) is 0.600. The second-order valence-corrected chi connectivity index (χ2v) is 6.93. The van der Waals surface area contributed by atoms with Gasteiger partial charge in [-0.1, -0.05) is 25.6 Å². The van der Waals surface area contributed by atoms with Crippen molar-refractivity contribution >= 4 is 17.7 Å². The van der Waals surface area contributed by atoms with Gasteiger partial charge in [0.15, 0.2) is 5.82 Å². The lowest BCUT2D eigenvalue weighted by Crippen LogP contribution is -2.49. The lowest BCUT2D eigenvalue weighted by Gasteiger charge is -2.27. The van der Waals surface area contributed by atoms with Crippen LogP contribution in [0, 0.1) is 23.1 Å². The molecule has 9 heteroatoms. The molecule has 0 aliphatic rings. The lowest BCUT2D eigenvalue weighted by molar-refractivity contribution is -0.120. The summed E-state index contributed by atoms with van der Waals surface area (Å²) in [6.07, 6.45) is 0. The molecule has 0 radical (unpaired) electrons. The number of nitrogens with two attached hydrogens (primary N) is 1. The highest BCUT2D eigenvalue weighted by molar-refractivity contribution is 7.99. The number of amides is 1. The smallest absolute Gasteiger partial charge is 0.231 e. The Labute approximate surface area is 149 Å². The highest BCUT2D eigenvalue weighted by atomic mass is 32.2. The van der Waals surface area contributed by atoms with Gasteiger partial charge in [-0.05, 0) is 37.1 Å². The predicted molar refractivity (Wildman–Crippen MR) is 93.3 cm³/mol. The van der Waals surface area contributed by atoms with E-state index in [1.54, 1.807) is 19.1 Å². The summed E-state index contributed by atoms with van der Waals surface area (Å²) in [5, 5.41) is 20.2. The fourth-order valence-corrected chi connectivity index (χ4v) is 2.58. The monoisotopic (exact) mass is 362 g/mol. The largest absolute Gasteiger partial charge is 0.337 e. The van der Waals surface area contributed by atoms with E-state index >= 15 is 0 Å². The van der Waals surface area contributed by atoms with E-state index in [2.05, 4.69) is 21.6 Å². The van der Waals surface area contributed by atoms with Gasteiger partial charge in [-0.3, -0.25) is 4.79 Å². The van der Waals surface area contributed by atoms with E-state index in [1.807, 2.05) is 13.8 Å². The minimum atomic E-state index is -0.937. The first-order valence-corrected chi connectivity index (χ1v) is 8.57. The molecule has 0 unspecified atom stereocenters. The number of carbonyl (C=O) groups is 1. The topological polar surface area (TPSA) is 110 Å². The molecule has 25 heavy (non-hydrogen) atoms. The summed E-state index contributed by atoms with van der Waals surface area (Å²) in [4.78, 5) is 12.1. The molecule has 0 spiro atoms. The van der Waals surface area contributed by atoms with Crippen LogP contribution in [-0.2, 0) is 4.79 Å². The van der Waals surface area contributed by atoms with E-state index in [1.165, 1.54) is 16.8 Å². The van der Waals surface area contributed by atoms with Gasteiger partial charge >= 0.3 is 0 Å². The number of halogens is 1. The van der Waals surface area contributed by atoms with Crippen molar-refractivity contribution in [2.24, 2.45) is 5.92 Å². The molecular weight excluding hydrogens is 343 g/mol. The molecule has 1 aromatic heterocycles. The molecule has 7 nitrogen and oxygen atoms in total. The lowest BCUT2D eigenvalue weighted by atomic mass is 9.90. The van der Waals surface area contributed by atoms with Gasteiger partial charge in [0.1, 0.15) is 11.4 Å². The van der Waals surface area contributed by atoms with Crippen LogP contribution < -0.4 is 11.2 Å². The molecule has 2 aromatic rings. The molecule has 2 rings (SSSR count). The molecule has 0 fully saturated rings. The summed E-state index contributed by atoms with van der Waals surface area (Å²) in [5.74, 6) is 5.68. The highest BCUT2D eigenvalue weighted by Crippen LogP contribution is 2.22. The third-order valence-electron chi connectivity index (χ3n) is 3.89. The van der Waals surface area contributed by atoms with Crippen molar-refractivity contribution in [3.63, 3.8) is 0 Å². The molecule has 0 aliphatic heterocycles. The first-order chi connectivity index (χ1) is 11.8. The number of nitriles is 1. The Bertz CT molecular complexity index is 798. The molecule has 3 N–H and O–H groups in total. The Morgan fingerprint density at radius 3 is 2.64 bits per heavy atom. The molecule has 1 aromatic carbocycles. The van der Waals surface area contributed by atoms with Gasteiger partial charge in [0, 0.05) is 5.56 Å². The number of nitrogen functional groups attached to an aromatic ring is 1. The molecule has 1 atom stereocenters. The summed E-state index contributed by atoms with van der Waals surface area (Å²) >= 11 is 1.11. The molecule has 0 saturated carbocycles. The summed E-state index contributed by atoms with van der Waals surface area (Å²) in [7, 11) is 0. The maximum absolute atomic E-state index is 13.0. The molecular formula is C16H19FN6OS. The predicted octanol–water partition coefficient (Wildman–Crippen LogP) is 1.94. The number of hydrogen-bond donors (Lipinski definition) is 2. The van der Waals surface area contributed by atoms with Crippen molar-refractivity contribution < 1.29 is 9.18 Å². The van der Waals surface area contributed by atoms with Gasteiger partial charge in [-0.25, -0.2) is 9.07 Å². The van der Waals surface area contributed by atoms with E-state index in [0.717, 1.165) is 11.8 Å². The minimum Gasteiger partial charge on any atom is -0.337 e. The Hall–Kier alpha value is -2.60. The van der Waals surface area contributed by atoms with E-state index < -0.39 is 5.54 Å². The Morgan fingerprint density at radius 2 is 2.08 bits per heavy atom. The van der Waals surface area contributed by atoms with Crippen molar-refractivity contribution in [1.29, 1.82) is 5.26 Å². The fraction of sp³-hybridized carbons (Fsp3) is 0.375. The van der Waals surface area contributed by atoms with Gasteiger partial charge in [0.05, 0.1) is 11.8 Å². The Balaban J connectivity index is 2.04. The van der Waals surface area contributed by atoms with Crippen LogP contribution in [0.1, 0.15) is 20.8 Å². The number of rotatable bonds is 6. The third-order valence-corrected chi connectivity index (χ3v) is 4.83. The molecule has 132 valence electrons. The second-order valence-electron chi connectivity index (χ2n) is 5.99. The van der Waals surface area contributed by atoms with Crippen LogP contribution in [0.15, 0.2) is 29.4 Å². The van der Waals surface area contributed by atoms with Crippen molar-refractivity contribution in [3.05, 3.63) is 30.1 Å². The van der Waals surface area contributed by atoms with Gasteiger partial charge in [0.25, 0.3) is 0 Å². The fourth-order valence-electron chi connectivity index (χ4n) is 1.93. The van der Waals surface area contributed by atoms with Crippen LogP contribution in [0.3, 0.4) is 0 Å². The van der Waals surface area contributed by atoms with Gasteiger partial charge in [-0.2, -0.15) is 5.26 Å². The van der Waals surface area contributed by atoms with Crippen molar-refractivity contribution in [1.82, 2.24) is 20.2 Å². The van der Waals surface area contributed by atoms with Crippen LogP contribution >= 0.6 is 11.8 Å². The van der Waals surface area contributed by atoms with Crippen LogP contribution in [0.2, 0.25) is 0 Å². The average Bonchev–Trinajstić information content (AvgIpc) is 2.94. The molecule has 0 saturated heterocycles. The van der Waals surface area contributed by atoms with Crippen LogP contribution in [0.4, 0.5) is 4.39 Å². The van der Waals surface area contributed by atoms with Crippen molar-refractivity contribution in [2.75, 3.05) is 11.6 Å². The van der Waals surface area contributed by atoms with Crippen LogP contribution in [-0.4, -0.2) is 32.1 Å². The van der Waals surface area contributed by atoms with E-state index in [4.69, 9.17) is 5.84 Å². The average molecular weight is 362 g/mol. The standard InChI is InChI=1S/C16H19FN6OS/c1-10(2)16(3,9-18)20-13(24)8-25-15-22-21-14(23(15)19)11-4-6-12(17)7-5-11/h4-7,10H,8,19H2,1-3H3,(H,20,24)/t16-/m0/s1. The first kappa shape index (κ1) is 18.7. The zero-order valence-electron chi connectivity index (χ0n) is 14.2. The van der Waals surface area contributed by atoms with Gasteiger partial charge < -0.3 is 11.2 Å². The third kappa shape index (κ3) is 4.28.